The molecule has 1 N–H and O–H groups in total. The Morgan fingerprint density at radius 1 is 1.14 bits per heavy atom. The van der Waals surface area contributed by atoms with Gasteiger partial charge in [-0.3, -0.25) is 14.5 Å². The lowest BCUT2D eigenvalue weighted by Gasteiger charge is -2.34. The van der Waals surface area contributed by atoms with Crippen LogP contribution in [0.5, 0.6) is 5.75 Å². The van der Waals surface area contributed by atoms with Crippen molar-refractivity contribution in [2.45, 2.75) is 57.1 Å². The zero-order valence-electron chi connectivity index (χ0n) is 20.2. The number of nitrogens with one attached hydrogen (secondary N) is 1. The first kappa shape index (κ1) is 26.8. The third kappa shape index (κ3) is 5.13. The van der Waals surface area contributed by atoms with Gasteiger partial charge in [0.05, 0.1) is 22.6 Å². The molecule has 0 atom stereocenters. The second-order valence-corrected chi connectivity index (χ2v) is 12.3. The topological polar surface area (TPSA) is 106 Å². The molecule has 0 unspecified atom stereocenters. The maximum Gasteiger partial charge on any atom is 0.461 e. The fraction of sp³-hybridized carbons (Fsp3) is 0.458. The summed E-state index contributed by atoms with van der Waals surface area (Å²) in [5, 5.41) is 2.90. The Hall–Kier alpha value is -3.22. The van der Waals surface area contributed by atoms with Crippen LogP contribution in [0.1, 0.15) is 49.5 Å². The number of fused-ring (bicyclic) bond motifs is 1. The molecule has 8 nitrogen and oxygen atoms in total. The monoisotopic (exact) mass is 543 g/mol. The molecule has 2 aromatic rings. The van der Waals surface area contributed by atoms with Crippen molar-refractivity contribution in [3.05, 3.63) is 47.7 Å². The van der Waals surface area contributed by atoms with Gasteiger partial charge in [-0.15, -0.1) is 0 Å². The van der Waals surface area contributed by atoms with E-state index < -0.39 is 50.9 Å². The van der Waals surface area contributed by atoms with Crippen LogP contribution in [-0.2, 0) is 20.0 Å². The molecule has 2 aliphatic rings. The van der Waals surface area contributed by atoms with Crippen LogP contribution in [0.15, 0.2) is 36.5 Å². The minimum absolute atomic E-state index is 0.0243. The van der Waals surface area contributed by atoms with Crippen molar-refractivity contribution in [3.8, 4) is 5.75 Å². The summed E-state index contributed by atoms with van der Waals surface area (Å²) in [6, 6.07) is 6.45. The Bertz CT molecular complexity index is 1350. The number of halogens is 4. The van der Waals surface area contributed by atoms with E-state index in [1.54, 1.807) is 20.8 Å². The highest BCUT2D eigenvalue weighted by Crippen LogP contribution is 2.46. The van der Waals surface area contributed by atoms with Crippen molar-refractivity contribution in [2.75, 3.05) is 16.4 Å². The number of amides is 2. The lowest BCUT2D eigenvalue weighted by Crippen LogP contribution is -2.50. The van der Waals surface area contributed by atoms with Gasteiger partial charge < -0.3 is 10.1 Å². The summed E-state index contributed by atoms with van der Waals surface area (Å²) in [7, 11) is -3.12. The van der Waals surface area contributed by atoms with Gasteiger partial charge in [0.1, 0.15) is 21.4 Å². The Kier molecular flexibility index (Phi) is 6.50. The van der Waals surface area contributed by atoms with Crippen LogP contribution >= 0.6 is 0 Å². The Morgan fingerprint density at radius 3 is 2.41 bits per heavy atom. The smallest absolute Gasteiger partial charge is 0.428 e. The highest BCUT2D eigenvalue weighted by Gasteiger charge is 2.47. The average molecular weight is 544 g/mol. The van der Waals surface area contributed by atoms with Crippen molar-refractivity contribution >= 4 is 33.2 Å². The quantitative estimate of drug-likeness (QED) is 0.553. The summed E-state index contributed by atoms with van der Waals surface area (Å²) >= 11 is 0. The zero-order valence-corrected chi connectivity index (χ0v) is 21.0. The van der Waals surface area contributed by atoms with Gasteiger partial charge in [-0.2, -0.15) is 17.6 Å². The molecule has 0 saturated carbocycles. The first-order chi connectivity index (χ1) is 17.0. The molecular formula is C24H25F4N3O5S. The van der Waals surface area contributed by atoms with E-state index in [1.807, 2.05) is 0 Å². The number of carbonyl (C=O) groups is 2. The van der Waals surface area contributed by atoms with Crippen molar-refractivity contribution in [1.29, 1.82) is 0 Å². The predicted molar refractivity (Wildman–Crippen MR) is 126 cm³/mol. The minimum Gasteiger partial charge on any atom is -0.428 e. The van der Waals surface area contributed by atoms with Crippen LogP contribution in [0.2, 0.25) is 0 Å². The second kappa shape index (κ2) is 8.96. The summed E-state index contributed by atoms with van der Waals surface area (Å²) in [5.41, 5.74) is -0.791. The number of hydrogen-bond acceptors (Lipinski definition) is 6. The SMILES string of the molecule is CC1(NC(=O)c2ccc3c(c2)C(C)(C)C(=O)N3c2cc(OC(F)(F)C(F)F)ccn2)CCS(=O)(=O)CC1. The molecule has 0 radical (unpaired) electrons. The standard InChI is InChI=1S/C24H25F4N3O5S/c1-22(2)16-12-14(19(32)30-23(3)7-10-37(34,35)11-8-23)4-5-17(16)31(21(22)33)18-13-15(6-9-29-18)36-24(27,28)20(25)26/h4-6,9,12-13,20H,7-8,10-11H2,1-3H3,(H,30,32). The van der Waals surface area contributed by atoms with Gasteiger partial charge in [0.2, 0.25) is 5.91 Å². The first-order valence-electron chi connectivity index (χ1n) is 11.4. The molecule has 1 aromatic carbocycles. The molecule has 3 heterocycles. The van der Waals surface area contributed by atoms with E-state index in [0.29, 0.717) is 11.3 Å². The number of anilines is 2. The molecule has 1 aromatic heterocycles. The van der Waals surface area contributed by atoms with Crippen LogP contribution in [0, 0.1) is 0 Å². The summed E-state index contributed by atoms with van der Waals surface area (Å²) in [6.07, 6.45) is -7.18. The number of benzene rings is 1. The third-order valence-corrected chi connectivity index (χ3v) is 8.36. The Morgan fingerprint density at radius 2 is 1.78 bits per heavy atom. The number of pyridine rings is 1. The normalized spacial score (nSPS) is 20.0. The van der Waals surface area contributed by atoms with Gasteiger partial charge in [-0.05, 0) is 63.4 Å². The molecule has 0 bridgehead atoms. The van der Waals surface area contributed by atoms with E-state index in [0.717, 1.165) is 23.2 Å². The van der Waals surface area contributed by atoms with E-state index in [9.17, 15) is 35.6 Å². The number of nitrogens with zero attached hydrogens (tertiary/aromatic N) is 2. The summed E-state index contributed by atoms with van der Waals surface area (Å²) in [4.78, 5) is 31.5. The highest BCUT2D eigenvalue weighted by atomic mass is 32.2. The molecule has 37 heavy (non-hydrogen) atoms. The van der Waals surface area contributed by atoms with Crippen molar-refractivity contribution < 1.29 is 40.3 Å². The number of sulfone groups is 1. The largest absolute Gasteiger partial charge is 0.461 e. The fourth-order valence-electron chi connectivity index (χ4n) is 4.35. The fourth-order valence-corrected chi connectivity index (χ4v) is 6.08. The maximum atomic E-state index is 13.4. The van der Waals surface area contributed by atoms with E-state index >= 15 is 0 Å². The van der Waals surface area contributed by atoms with Crippen molar-refractivity contribution in [3.63, 3.8) is 0 Å². The van der Waals surface area contributed by atoms with Crippen LogP contribution < -0.4 is 15.0 Å². The van der Waals surface area contributed by atoms with Gasteiger partial charge in [-0.1, -0.05) is 0 Å². The lowest BCUT2D eigenvalue weighted by atomic mass is 9.85. The van der Waals surface area contributed by atoms with Crippen LogP contribution in [0.25, 0.3) is 0 Å². The number of carbonyl (C=O) groups excluding carboxylic acids is 2. The van der Waals surface area contributed by atoms with E-state index in [1.165, 1.54) is 18.2 Å². The van der Waals surface area contributed by atoms with Crippen molar-refractivity contribution in [1.82, 2.24) is 10.3 Å². The number of ether oxygens (including phenoxy) is 1. The van der Waals surface area contributed by atoms with E-state index in [2.05, 4.69) is 15.0 Å². The van der Waals surface area contributed by atoms with Crippen LogP contribution in [0.4, 0.5) is 29.1 Å². The molecule has 0 spiro atoms. The summed E-state index contributed by atoms with van der Waals surface area (Å²) in [6.45, 7) is 5.02. The van der Waals surface area contributed by atoms with E-state index in [-0.39, 0.29) is 35.7 Å². The van der Waals surface area contributed by atoms with Crippen LogP contribution in [-0.4, -0.2) is 54.8 Å². The van der Waals surface area contributed by atoms with Gasteiger partial charge in [-0.25, -0.2) is 13.4 Å². The maximum absolute atomic E-state index is 13.4. The predicted octanol–water partition coefficient (Wildman–Crippen LogP) is 3.97. The molecule has 4 rings (SSSR count). The molecule has 0 aliphatic carbocycles. The molecule has 2 amide bonds. The first-order valence-corrected chi connectivity index (χ1v) is 13.2. The highest BCUT2D eigenvalue weighted by molar-refractivity contribution is 7.91. The minimum atomic E-state index is -4.73. The Balaban J connectivity index is 1.62. The van der Waals surface area contributed by atoms with Crippen LogP contribution in [0.3, 0.4) is 0 Å². The van der Waals surface area contributed by atoms with Crippen molar-refractivity contribution in [2.24, 2.45) is 0 Å². The zero-order chi connectivity index (χ0) is 27.4. The number of alkyl halides is 4. The molecular weight excluding hydrogens is 518 g/mol. The number of hydrogen-bond donors (Lipinski definition) is 1. The third-order valence-electron chi connectivity index (χ3n) is 6.71. The molecule has 13 heteroatoms. The summed E-state index contributed by atoms with van der Waals surface area (Å²) in [5.74, 6) is -1.68. The van der Waals surface area contributed by atoms with Gasteiger partial charge in [0.25, 0.3) is 5.91 Å². The number of aromatic nitrogens is 1. The van der Waals surface area contributed by atoms with Gasteiger partial charge >= 0.3 is 12.5 Å². The molecule has 1 fully saturated rings. The number of rotatable bonds is 6. The molecule has 2 aliphatic heterocycles. The van der Waals surface area contributed by atoms with Gasteiger partial charge in [0, 0.05) is 23.4 Å². The van der Waals surface area contributed by atoms with E-state index in [4.69, 9.17) is 0 Å². The Labute approximate surface area is 210 Å². The second-order valence-electron chi connectivity index (χ2n) is 9.98. The molecule has 200 valence electrons. The summed E-state index contributed by atoms with van der Waals surface area (Å²) < 4.78 is 79.5. The average Bonchev–Trinajstić information content (AvgIpc) is 3.01. The lowest BCUT2D eigenvalue weighted by molar-refractivity contribution is -0.253. The molecule has 1 saturated heterocycles. The van der Waals surface area contributed by atoms with Gasteiger partial charge in [0.15, 0.2) is 0 Å².